The van der Waals surface area contributed by atoms with Gasteiger partial charge in [-0.3, -0.25) is 10.2 Å². The van der Waals surface area contributed by atoms with Crippen LogP contribution in [0.2, 0.25) is 0 Å². The van der Waals surface area contributed by atoms with Crippen molar-refractivity contribution < 1.29 is 13.7 Å². The fourth-order valence-corrected chi connectivity index (χ4v) is 3.56. The van der Waals surface area contributed by atoms with E-state index in [2.05, 4.69) is 26.3 Å². The Morgan fingerprint density at radius 1 is 1.17 bits per heavy atom. The van der Waals surface area contributed by atoms with Gasteiger partial charge in [0.2, 0.25) is 0 Å². The third kappa shape index (κ3) is 4.25. The molecule has 0 radical (unpaired) electrons. The van der Waals surface area contributed by atoms with E-state index in [9.17, 15) is 4.79 Å². The highest BCUT2D eigenvalue weighted by atomic mass is 32.1. The fraction of sp³-hybridized carbons (Fsp3) is 0.238. The largest absolute Gasteiger partial charge is 0.455 e. The van der Waals surface area contributed by atoms with Crippen LogP contribution in [-0.2, 0) is 6.42 Å². The molecule has 0 fully saturated rings. The highest BCUT2D eigenvalue weighted by molar-refractivity contribution is 7.80. The quantitative estimate of drug-likeness (QED) is 0.427. The Balaban J connectivity index is 1.51. The van der Waals surface area contributed by atoms with Crippen LogP contribution in [0.25, 0.3) is 0 Å². The predicted molar refractivity (Wildman–Crippen MR) is 118 cm³/mol. The van der Waals surface area contributed by atoms with Crippen molar-refractivity contribution in [2.24, 2.45) is 5.10 Å². The number of carbonyl (C=O) groups excluding carboxylic acids is 1. The van der Waals surface area contributed by atoms with Gasteiger partial charge in [-0.2, -0.15) is 5.10 Å². The normalized spacial score (nSPS) is 14.3. The summed E-state index contributed by atoms with van der Waals surface area (Å²) < 4.78 is 10.9. The van der Waals surface area contributed by atoms with Crippen LogP contribution in [0.5, 0.6) is 0 Å². The number of nitrogens with zero attached hydrogens (tertiary/aromatic N) is 2. The van der Waals surface area contributed by atoms with Gasteiger partial charge in [0.15, 0.2) is 16.7 Å². The monoisotopic (exact) mass is 423 g/mol. The maximum absolute atomic E-state index is 12.7. The van der Waals surface area contributed by atoms with Gasteiger partial charge in [0, 0.05) is 29.3 Å². The van der Waals surface area contributed by atoms with Crippen molar-refractivity contribution in [2.45, 2.75) is 33.1 Å². The number of rotatable bonds is 4. The summed E-state index contributed by atoms with van der Waals surface area (Å²) in [6, 6.07) is 11.3. The van der Waals surface area contributed by atoms with Gasteiger partial charge in [-0.05, 0) is 51.0 Å². The molecule has 2 aromatic heterocycles. The topological polar surface area (TPSA) is 105 Å². The van der Waals surface area contributed by atoms with E-state index in [0.717, 1.165) is 47.5 Å². The smallest absolute Gasteiger partial charge is 0.292 e. The zero-order valence-electron chi connectivity index (χ0n) is 16.6. The highest BCUT2D eigenvalue weighted by Crippen LogP contribution is 2.30. The van der Waals surface area contributed by atoms with Crippen LogP contribution < -0.4 is 16.1 Å². The molecule has 154 valence electrons. The molecule has 8 nitrogen and oxygen atoms in total. The van der Waals surface area contributed by atoms with Gasteiger partial charge < -0.3 is 19.6 Å². The number of thiocarbonyl (C=S) groups is 1. The van der Waals surface area contributed by atoms with E-state index in [1.165, 1.54) is 0 Å². The Hall–Kier alpha value is -3.46. The van der Waals surface area contributed by atoms with Crippen LogP contribution in [0.3, 0.4) is 0 Å². The highest BCUT2D eigenvalue weighted by Gasteiger charge is 2.28. The SMILES string of the molecule is Cc1cc(NC(=O)c2oc3c(c2C)/C(=N/NC(=S)Nc2ccccc2)CCC3)no1. The number of furan rings is 1. The number of carbonyl (C=O) groups is 1. The van der Waals surface area contributed by atoms with Crippen molar-refractivity contribution in [2.75, 3.05) is 10.6 Å². The second-order valence-corrected chi connectivity index (χ2v) is 7.38. The molecule has 9 heteroatoms. The van der Waals surface area contributed by atoms with Crippen molar-refractivity contribution >= 4 is 40.5 Å². The summed E-state index contributed by atoms with van der Waals surface area (Å²) in [6.45, 7) is 3.61. The summed E-state index contributed by atoms with van der Waals surface area (Å²) in [4.78, 5) is 12.7. The molecule has 1 aromatic carbocycles. The first-order valence-corrected chi connectivity index (χ1v) is 9.98. The van der Waals surface area contributed by atoms with E-state index in [1.807, 2.05) is 37.3 Å². The van der Waals surface area contributed by atoms with E-state index in [1.54, 1.807) is 13.0 Å². The van der Waals surface area contributed by atoms with Gasteiger partial charge in [0.1, 0.15) is 11.5 Å². The number of hydrogen-bond donors (Lipinski definition) is 3. The predicted octanol–water partition coefficient (Wildman–Crippen LogP) is 4.16. The Morgan fingerprint density at radius 2 is 1.97 bits per heavy atom. The summed E-state index contributed by atoms with van der Waals surface area (Å²) in [7, 11) is 0. The average molecular weight is 423 g/mol. The molecule has 3 N–H and O–H groups in total. The Kier molecular flexibility index (Phi) is 5.62. The van der Waals surface area contributed by atoms with Gasteiger partial charge in [0.05, 0.1) is 5.71 Å². The number of fused-ring (bicyclic) bond motifs is 1. The second kappa shape index (κ2) is 8.50. The summed E-state index contributed by atoms with van der Waals surface area (Å²) >= 11 is 5.32. The number of benzene rings is 1. The molecule has 0 saturated carbocycles. The van der Waals surface area contributed by atoms with Gasteiger partial charge in [-0.25, -0.2) is 0 Å². The molecule has 3 aromatic rings. The van der Waals surface area contributed by atoms with Crippen LogP contribution in [0.15, 0.2) is 50.4 Å². The van der Waals surface area contributed by atoms with Crippen molar-refractivity contribution in [3.8, 4) is 0 Å². The Labute approximate surface area is 178 Å². The van der Waals surface area contributed by atoms with Crippen molar-refractivity contribution in [1.29, 1.82) is 0 Å². The second-order valence-electron chi connectivity index (χ2n) is 6.98. The van der Waals surface area contributed by atoms with Crippen molar-refractivity contribution in [3.05, 3.63) is 64.8 Å². The first kappa shape index (κ1) is 19.8. The molecular formula is C21H21N5O3S. The molecule has 0 atom stereocenters. The van der Waals surface area contributed by atoms with E-state index in [0.29, 0.717) is 16.7 Å². The van der Waals surface area contributed by atoms with Crippen LogP contribution >= 0.6 is 12.2 Å². The molecular weight excluding hydrogens is 402 g/mol. The van der Waals surface area contributed by atoms with Crippen molar-refractivity contribution in [1.82, 2.24) is 10.6 Å². The van der Waals surface area contributed by atoms with Gasteiger partial charge in [-0.1, -0.05) is 23.4 Å². The standard InChI is InChI=1S/C21H21N5O3S/c1-12-11-17(26-29-12)23-20(27)19-13(2)18-15(9-6-10-16(18)28-19)24-25-21(30)22-14-7-4-3-5-8-14/h3-5,7-8,11H,6,9-10H2,1-2H3,(H2,22,25,30)(H,23,26,27)/b24-15+. The molecule has 2 heterocycles. The molecule has 0 spiro atoms. The van der Waals surface area contributed by atoms with Gasteiger partial charge >= 0.3 is 0 Å². The first-order chi connectivity index (χ1) is 14.5. The number of aryl methyl sites for hydroxylation is 2. The lowest BCUT2D eigenvalue weighted by molar-refractivity contribution is 0.0993. The lowest BCUT2D eigenvalue weighted by atomic mass is 9.93. The Morgan fingerprint density at radius 3 is 2.70 bits per heavy atom. The molecule has 0 saturated heterocycles. The van der Waals surface area contributed by atoms with Crippen LogP contribution in [0, 0.1) is 13.8 Å². The molecule has 30 heavy (non-hydrogen) atoms. The number of amides is 1. The fourth-order valence-electron chi connectivity index (χ4n) is 3.39. The van der Waals surface area contributed by atoms with E-state index < -0.39 is 0 Å². The minimum Gasteiger partial charge on any atom is -0.455 e. The van der Waals surface area contributed by atoms with E-state index in [4.69, 9.17) is 21.2 Å². The molecule has 1 aliphatic rings. The first-order valence-electron chi connectivity index (χ1n) is 9.57. The summed E-state index contributed by atoms with van der Waals surface area (Å²) in [5.74, 6) is 1.59. The molecule has 0 bridgehead atoms. The molecule has 0 aliphatic heterocycles. The number of aromatic nitrogens is 1. The van der Waals surface area contributed by atoms with Crippen LogP contribution in [-0.4, -0.2) is 21.9 Å². The summed E-state index contributed by atoms with van der Waals surface area (Å²) in [6.07, 6.45) is 2.39. The number of nitrogens with one attached hydrogen (secondary N) is 3. The number of para-hydroxylation sites is 1. The van der Waals surface area contributed by atoms with Crippen LogP contribution in [0.4, 0.5) is 11.5 Å². The van der Waals surface area contributed by atoms with E-state index >= 15 is 0 Å². The summed E-state index contributed by atoms with van der Waals surface area (Å²) in [5.41, 5.74) is 6.18. The molecule has 4 rings (SSSR count). The maximum atomic E-state index is 12.7. The molecule has 1 aliphatic carbocycles. The number of hydrazone groups is 1. The lowest BCUT2D eigenvalue weighted by Crippen LogP contribution is -2.26. The third-order valence-electron chi connectivity index (χ3n) is 4.73. The van der Waals surface area contributed by atoms with Crippen LogP contribution in [0.1, 0.15) is 46.0 Å². The van der Waals surface area contributed by atoms with Gasteiger partial charge in [-0.15, -0.1) is 0 Å². The van der Waals surface area contributed by atoms with E-state index in [-0.39, 0.29) is 11.7 Å². The maximum Gasteiger partial charge on any atom is 0.292 e. The lowest BCUT2D eigenvalue weighted by Gasteiger charge is -2.14. The zero-order valence-corrected chi connectivity index (χ0v) is 17.4. The minimum absolute atomic E-state index is 0.250. The molecule has 1 amide bonds. The zero-order chi connectivity index (χ0) is 21.1. The van der Waals surface area contributed by atoms with Crippen molar-refractivity contribution in [3.63, 3.8) is 0 Å². The summed E-state index contributed by atoms with van der Waals surface area (Å²) in [5, 5.41) is 14.4. The molecule has 0 unspecified atom stereocenters. The number of anilines is 2. The minimum atomic E-state index is -0.372. The average Bonchev–Trinajstić information content (AvgIpc) is 3.30. The van der Waals surface area contributed by atoms with Gasteiger partial charge in [0.25, 0.3) is 5.91 Å². The third-order valence-corrected chi connectivity index (χ3v) is 4.92. The Bertz CT molecular complexity index is 1120. The number of hydrogen-bond acceptors (Lipinski definition) is 6.